The van der Waals surface area contributed by atoms with Gasteiger partial charge in [0, 0.05) is 44.3 Å². The Bertz CT molecular complexity index is 522. The topological polar surface area (TPSA) is 41.1 Å². The van der Waals surface area contributed by atoms with Crippen LogP contribution in [0.1, 0.15) is 31.9 Å². The van der Waals surface area contributed by atoms with E-state index in [0.29, 0.717) is 6.04 Å². The molecule has 0 bridgehead atoms. The number of nitrogens with one attached hydrogen (secondary N) is 1. The van der Waals surface area contributed by atoms with Crippen LogP contribution in [0.2, 0.25) is 0 Å². The molecule has 0 radical (unpaired) electrons. The van der Waals surface area contributed by atoms with E-state index in [1.165, 1.54) is 11.1 Å². The molecule has 2 aromatic heterocycles. The van der Waals surface area contributed by atoms with E-state index in [2.05, 4.69) is 53.1 Å². The normalized spacial score (nSPS) is 10.9. The lowest BCUT2D eigenvalue weighted by Gasteiger charge is -2.22. The van der Waals surface area contributed by atoms with Crippen molar-refractivity contribution in [3.8, 4) is 0 Å². The van der Waals surface area contributed by atoms with Gasteiger partial charge in [-0.05, 0) is 36.2 Å². The van der Waals surface area contributed by atoms with Gasteiger partial charge in [-0.2, -0.15) is 0 Å². The first-order valence-corrected chi connectivity index (χ1v) is 7.51. The summed E-state index contributed by atoms with van der Waals surface area (Å²) in [5.41, 5.74) is 2.46. The van der Waals surface area contributed by atoms with Crippen molar-refractivity contribution in [1.29, 1.82) is 0 Å². The minimum atomic E-state index is 0.489. The maximum absolute atomic E-state index is 4.59. The smallest absolute Gasteiger partial charge is 0.128 e. The minimum absolute atomic E-state index is 0.489. The molecular weight excluding hydrogens is 260 g/mol. The Labute approximate surface area is 127 Å². The molecule has 0 spiro atoms. The molecule has 0 fully saturated rings. The van der Waals surface area contributed by atoms with Gasteiger partial charge in [-0.15, -0.1) is 0 Å². The van der Waals surface area contributed by atoms with Crippen LogP contribution in [0.5, 0.6) is 0 Å². The van der Waals surface area contributed by atoms with E-state index in [0.717, 1.165) is 25.5 Å². The largest absolute Gasteiger partial charge is 0.353 e. The number of hydrogen-bond donors (Lipinski definition) is 1. The lowest BCUT2D eigenvalue weighted by molar-refractivity contribution is 0.588. The predicted octanol–water partition coefficient (Wildman–Crippen LogP) is 3.00. The van der Waals surface area contributed by atoms with E-state index in [1.54, 1.807) is 0 Å². The molecule has 0 saturated carbocycles. The zero-order chi connectivity index (χ0) is 15.1. The van der Waals surface area contributed by atoms with Gasteiger partial charge in [0.2, 0.25) is 0 Å². The number of rotatable bonds is 7. The summed E-state index contributed by atoms with van der Waals surface area (Å²) < 4.78 is 0. The van der Waals surface area contributed by atoms with Crippen LogP contribution in [0.15, 0.2) is 42.9 Å². The van der Waals surface area contributed by atoms with E-state index < -0.39 is 0 Å². The van der Waals surface area contributed by atoms with Crippen molar-refractivity contribution in [2.24, 2.45) is 0 Å². The maximum atomic E-state index is 4.59. The summed E-state index contributed by atoms with van der Waals surface area (Å²) in [6.45, 7) is 9.09. The monoisotopic (exact) mass is 284 g/mol. The fraction of sp³-hybridized carbons (Fsp3) is 0.412. The average molecular weight is 284 g/mol. The highest BCUT2D eigenvalue weighted by atomic mass is 15.2. The Hall–Kier alpha value is -1.94. The summed E-state index contributed by atoms with van der Waals surface area (Å²) >= 11 is 0. The van der Waals surface area contributed by atoms with Crippen LogP contribution in [-0.2, 0) is 13.1 Å². The van der Waals surface area contributed by atoms with E-state index in [-0.39, 0.29) is 0 Å². The number of hydrogen-bond acceptors (Lipinski definition) is 4. The second-order valence-electron chi connectivity index (χ2n) is 5.43. The highest BCUT2D eigenvalue weighted by Crippen LogP contribution is 2.14. The summed E-state index contributed by atoms with van der Waals surface area (Å²) in [6.07, 6.45) is 5.62. The molecule has 0 aliphatic heterocycles. The van der Waals surface area contributed by atoms with Gasteiger partial charge in [-0.1, -0.05) is 19.9 Å². The van der Waals surface area contributed by atoms with Crippen LogP contribution >= 0.6 is 0 Å². The van der Waals surface area contributed by atoms with Gasteiger partial charge in [-0.3, -0.25) is 4.98 Å². The lowest BCUT2D eigenvalue weighted by Crippen LogP contribution is -2.24. The van der Waals surface area contributed by atoms with Gasteiger partial charge in [0.25, 0.3) is 0 Å². The highest BCUT2D eigenvalue weighted by molar-refractivity contribution is 5.40. The molecule has 0 atom stereocenters. The average Bonchev–Trinajstić information content (AvgIpc) is 2.52. The van der Waals surface area contributed by atoms with Crippen molar-refractivity contribution in [2.75, 3.05) is 11.4 Å². The number of nitrogens with zero attached hydrogens (tertiary/aromatic N) is 3. The van der Waals surface area contributed by atoms with Gasteiger partial charge in [0.05, 0.1) is 0 Å². The molecule has 2 aromatic rings. The van der Waals surface area contributed by atoms with Crippen LogP contribution in [0, 0.1) is 0 Å². The third-order valence-corrected chi connectivity index (χ3v) is 3.35. The molecular formula is C17H24N4. The zero-order valence-electron chi connectivity index (χ0n) is 13.1. The molecule has 0 aromatic carbocycles. The second kappa shape index (κ2) is 7.74. The van der Waals surface area contributed by atoms with Crippen LogP contribution < -0.4 is 10.2 Å². The zero-order valence-corrected chi connectivity index (χ0v) is 13.1. The summed E-state index contributed by atoms with van der Waals surface area (Å²) in [6, 6.07) is 8.82. The Morgan fingerprint density at radius 2 is 1.86 bits per heavy atom. The van der Waals surface area contributed by atoms with E-state index in [4.69, 9.17) is 0 Å². The van der Waals surface area contributed by atoms with Gasteiger partial charge < -0.3 is 10.2 Å². The molecule has 112 valence electrons. The Balaban J connectivity index is 2.01. The van der Waals surface area contributed by atoms with Crippen molar-refractivity contribution < 1.29 is 0 Å². The minimum Gasteiger partial charge on any atom is -0.353 e. The molecule has 1 N–H and O–H groups in total. The van der Waals surface area contributed by atoms with Gasteiger partial charge in [-0.25, -0.2) is 4.98 Å². The first-order valence-electron chi connectivity index (χ1n) is 7.51. The summed E-state index contributed by atoms with van der Waals surface area (Å²) in [7, 11) is 0. The molecule has 0 aliphatic rings. The number of anilines is 1. The highest BCUT2D eigenvalue weighted by Gasteiger charge is 2.07. The van der Waals surface area contributed by atoms with E-state index in [9.17, 15) is 0 Å². The fourth-order valence-corrected chi connectivity index (χ4v) is 2.09. The van der Waals surface area contributed by atoms with Crippen LogP contribution in [0.4, 0.5) is 5.82 Å². The molecule has 2 rings (SSSR count). The van der Waals surface area contributed by atoms with Crippen molar-refractivity contribution >= 4 is 5.82 Å². The van der Waals surface area contributed by atoms with Crippen LogP contribution in [0.3, 0.4) is 0 Å². The summed E-state index contributed by atoms with van der Waals surface area (Å²) in [5, 5.41) is 3.40. The first-order chi connectivity index (χ1) is 10.2. The maximum Gasteiger partial charge on any atom is 0.128 e. The molecule has 0 saturated heterocycles. The van der Waals surface area contributed by atoms with Crippen molar-refractivity contribution in [3.05, 3.63) is 54.0 Å². The quantitative estimate of drug-likeness (QED) is 0.848. The van der Waals surface area contributed by atoms with Crippen molar-refractivity contribution in [1.82, 2.24) is 15.3 Å². The molecule has 0 unspecified atom stereocenters. The first kappa shape index (κ1) is 15.4. The third kappa shape index (κ3) is 4.83. The third-order valence-electron chi connectivity index (χ3n) is 3.35. The number of pyridine rings is 2. The van der Waals surface area contributed by atoms with Crippen molar-refractivity contribution in [2.45, 2.75) is 39.9 Å². The lowest BCUT2D eigenvalue weighted by atomic mass is 10.2. The van der Waals surface area contributed by atoms with Gasteiger partial charge in [0.15, 0.2) is 0 Å². The van der Waals surface area contributed by atoms with Gasteiger partial charge in [0.1, 0.15) is 5.82 Å². The number of aromatic nitrogens is 2. The second-order valence-corrected chi connectivity index (χ2v) is 5.43. The van der Waals surface area contributed by atoms with Crippen molar-refractivity contribution in [3.63, 3.8) is 0 Å². The molecule has 4 nitrogen and oxygen atoms in total. The predicted molar refractivity (Wildman–Crippen MR) is 87.2 cm³/mol. The fourth-order valence-electron chi connectivity index (χ4n) is 2.09. The molecule has 0 amide bonds. The van der Waals surface area contributed by atoms with Crippen LogP contribution in [0.25, 0.3) is 0 Å². The Morgan fingerprint density at radius 1 is 1.10 bits per heavy atom. The van der Waals surface area contributed by atoms with Crippen LogP contribution in [-0.4, -0.2) is 22.6 Å². The van der Waals surface area contributed by atoms with Gasteiger partial charge >= 0.3 is 0 Å². The van der Waals surface area contributed by atoms with E-state index in [1.807, 2.05) is 30.7 Å². The summed E-state index contributed by atoms with van der Waals surface area (Å²) in [5.74, 6) is 1.02. The molecule has 0 aliphatic carbocycles. The standard InChI is InChI=1S/C17H24N4/c1-4-21(13-15-7-9-18-10-8-15)17-6-5-16(12-20-17)11-19-14(2)3/h5-10,12,14,19H,4,11,13H2,1-3H3. The molecule has 21 heavy (non-hydrogen) atoms. The Morgan fingerprint density at radius 3 is 2.43 bits per heavy atom. The molecule has 4 heteroatoms. The molecule has 2 heterocycles. The SMILES string of the molecule is CCN(Cc1ccncc1)c1ccc(CNC(C)C)cn1. The van der Waals surface area contributed by atoms with E-state index >= 15 is 0 Å². The Kier molecular flexibility index (Phi) is 5.69. The summed E-state index contributed by atoms with van der Waals surface area (Å²) in [4.78, 5) is 10.9.